The Balaban J connectivity index is 1.94. The van der Waals surface area contributed by atoms with E-state index in [1.807, 2.05) is 54.7 Å². The number of hydrogen-bond acceptors (Lipinski definition) is 5. The molecule has 3 heterocycles. The number of para-hydroxylation sites is 1. The van der Waals surface area contributed by atoms with Gasteiger partial charge in [0.15, 0.2) is 11.5 Å². The first-order valence-corrected chi connectivity index (χ1v) is 9.21. The molecular weight excluding hydrogens is 366 g/mol. The van der Waals surface area contributed by atoms with E-state index in [0.717, 1.165) is 38.8 Å². The van der Waals surface area contributed by atoms with E-state index in [-0.39, 0.29) is 0 Å². The molecule has 0 bridgehead atoms. The summed E-state index contributed by atoms with van der Waals surface area (Å²) in [5.74, 6) is 1.71. The van der Waals surface area contributed by atoms with E-state index < -0.39 is 0 Å². The highest BCUT2D eigenvalue weighted by atomic mass is 16.5. The minimum atomic E-state index is 0.550. The van der Waals surface area contributed by atoms with Crippen molar-refractivity contribution in [1.82, 2.24) is 14.4 Å². The average Bonchev–Trinajstić information content (AvgIpc) is 3.17. The van der Waals surface area contributed by atoms with Gasteiger partial charge in [0.2, 0.25) is 5.75 Å². The van der Waals surface area contributed by atoms with Gasteiger partial charge in [-0.25, -0.2) is 9.97 Å². The van der Waals surface area contributed by atoms with E-state index in [2.05, 4.69) is 10.5 Å². The lowest BCUT2D eigenvalue weighted by atomic mass is 10.1. The van der Waals surface area contributed by atoms with Gasteiger partial charge >= 0.3 is 0 Å². The molecule has 2 aromatic carbocycles. The zero-order valence-corrected chi connectivity index (χ0v) is 16.3. The molecule has 0 spiro atoms. The van der Waals surface area contributed by atoms with Crippen LogP contribution in [-0.2, 0) is 0 Å². The maximum atomic E-state index is 5.55. The molecular formula is C23H19N3O3. The fourth-order valence-electron chi connectivity index (χ4n) is 3.77. The lowest BCUT2D eigenvalue weighted by Gasteiger charge is -2.15. The summed E-state index contributed by atoms with van der Waals surface area (Å²) < 4.78 is 18.6. The fourth-order valence-corrected chi connectivity index (χ4v) is 3.77. The first kappa shape index (κ1) is 17.3. The molecule has 6 nitrogen and oxygen atoms in total. The zero-order chi connectivity index (χ0) is 20.0. The number of methoxy groups -OCH3 is 3. The number of pyridine rings is 2. The van der Waals surface area contributed by atoms with Gasteiger partial charge in [-0.1, -0.05) is 24.3 Å². The van der Waals surface area contributed by atoms with E-state index in [4.69, 9.17) is 24.2 Å². The second-order valence-electron chi connectivity index (χ2n) is 6.63. The van der Waals surface area contributed by atoms with Gasteiger partial charge in [-0.05, 0) is 30.3 Å². The molecule has 5 rings (SSSR count). The van der Waals surface area contributed by atoms with Crippen LogP contribution < -0.4 is 14.2 Å². The molecule has 0 saturated carbocycles. The van der Waals surface area contributed by atoms with E-state index in [1.165, 1.54) is 0 Å². The smallest absolute Gasteiger partial charge is 0.203 e. The molecule has 0 unspecified atom stereocenters. The molecule has 0 amide bonds. The molecule has 0 fully saturated rings. The standard InChI is InChI=1S/C23H19N3O3/c1-27-17-12-14(13-18(28-2)23(17)29-3)20-22-21(15-8-4-5-9-16(15)24-20)25-19-10-6-7-11-26(19)22/h4-13H,1-3H3. The lowest BCUT2D eigenvalue weighted by molar-refractivity contribution is 0.324. The SMILES string of the molecule is COc1cc(-c2nc3ccccc3c3nc4ccccn4c23)cc(OC)c1OC. The van der Waals surface area contributed by atoms with E-state index in [9.17, 15) is 0 Å². The number of imidazole rings is 1. The number of rotatable bonds is 4. The molecule has 0 radical (unpaired) electrons. The van der Waals surface area contributed by atoms with Gasteiger partial charge in [0.05, 0.1) is 38.1 Å². The molecule has 0 aliphatic rings. The van der Waals surface area contributed by atoms with Gasteiger partial charge in [0.1, 0.15) is 11.2 Å². The third kappa shape index (κ3) is 2.56. The van der Waals surface area contributed by atoms with Crippen LogP contribution in [0.2, 0.25) is 0 Å². The summed E-state index contributed by atoms with van der Waals surface area (Å²) in [5.41, 5.74) is 5.26. The van der Waals surface area contributed by atoms with Gasteiger partial charge in [-0.3, -0.25) is 4.40 Å². The van der Waals surface area contributed by atoms with Gasteiger partial charge in [-0.15, -0.1) is 0 Å². The Kier molecular flexibility index (Phi) is 3.98. The number of fused-ring (bicyclic) bond motifs is 5. The predicted molar refractivity (Wildman–Crippen MR) is 113 cm³/mol. The molecule has 0 N–H and O–H groups in total. The summed E-state index contributed by atoms with van der Waals surface area (Å²) in [6.45, 7) is 0. The Morgan fingerprint density at radius 2 is 1.52 bits per heavy atom. The summed E-state index contributed by atoms with van der Waals surface area (Å²) in [6, 6.07) is 17.8. The Hall–Kier alpha value is -3.80. The van der Waals surface area contributed by atoms with Crippen LogP contribution in [0, 0.1) is 0 Å². The molecule has 0 atom stereocenters. The summed E-state index contributed by atoms with van der Waals surface area (Å²) >= 11 is 0. The van der Waals surface area contributed by atoms with Gasteiger partial charge in [0, 0.05) is 17.1 Å². The molecule has 3 aromatic heterocycles. The van der Waals surface area contributed by atoms with Crippen LogP contribution in [0.15, 0.2) is 60.8 Å². The largest absolute Gasteiger partial charge is 0.493 e. The molecule has 29 heavy (non-hydrogen) atoms. The van der Waals surface area contributed by atoms with Crippen LogP contribution in [0.1, 0.15) is 0 Å². The second-order valence-corrected chi connectivity index (χ2v) is 6.63. The molecule has 0 aliphatic carbocycles. The first-order valence-electron chi connectivity index (χ1n) is 9.21. The van der Waals surface area contributed by atoms with Crippen molar-refractivity contribution in [3.63, 3.8) is 0 Å². The number of ether oxygens (including phenoxy) is 3. The van der Waals surface area contributed by atoms with Crippen molar-refractivity contribution in [2.24, 2.45) is 0 Å². The Bertz CT molecular complexity index is 1350. The van der Waals surface area contributed by atoms with Crippen LogP contribution in [0.3, 0.4) is 0 Å². The molecule has 6 heteroatoms. The molecule has 0 aliphatic heterocycles. The van der Waals surface area contributed by atoms with Crippen LogP contribution in [0.5, 0.6) is 17.2 Å². The van der Waals surface area contributed by atoms with Crippen molar-refractivity contribution >= 4 is 27.6 Å². The number of nitrogens with zero attached hydrogens (tertiary/aromatic N) is 3. The minimum Gasteiger partial charge on any atom is -0.493 e. The highest BCUT2D eigenvalue weighted by molar-refractivity contribution is 6.09. The summed E-state index contributed by atoms with van der Waals surface area (Å²) in [6.07, 6.45) is 2.00. The molecule has 5 aromatic rings. The normalized spacial score (nSPS) is 11.3. The van der Waals surface area contributed by atoms with Crippen molar-refractivity contribution in [3.05, 3.63) is 60.8 Å². The number of benzene rings is 2. The Labute approximate surface area is 167 Å². The maximum Gasteiger partial charge on any atom is 0.203 e. The topological polar surface area (TPSA) is 57.9 Å². The van der Waals surface area contributed by atoms with Gasteiger partial charge in [0.25, 0.3) is 0 Å². The van der Waals surface area contributed by atoms with Crippen LogP contribution in [0.25, 0.3) is 38.8 Å². The van der Waals surface area contributed by atoms with Crippen molar-refractivity contribution in [2.45, 2.75) is 0 Å². The Morgan fingerprint density at radius 1 is 0.793 bits per heavy atom. The zero-order valence-electron chi connectivity index (χ0n) is 16.3. The fraction of sp³-hybridized carbons (Fsp3) is 0.130. The number of hydrogen-bond donors (Lipinski definition) is 0. The summed E-state index contributed by atoms with van der Waals surface area (Å²) in [5, 5.41) is 1.02. The predicted octanol–water partition coefficient (Wildman–Crippen LogP) is 4.73. The Morgan fingerprint density at radius 3 is 2.24 bits per heavy atom. The van der Waals surface area contributed by atoms with E-state index in [1.54, 1.807) is 21.3 Å². The van der Waals surface area contributed by atoms with E-state index in [0.29, 0.717) is 17.2 Å². The van der Waals surface area contributed by atoms with Crippen molar-refractivity contribution in [2.75, 3.05) is 21.3 Å². The first-order chi connectivity index (χ1) is 14.2. The van der Waals surface area contributed by atoms with Crippen LogP contribution >= 0.6 is 0 Å². The highest BCUT2D eigenvalue weighted by Crippen LogP contribution is 2.42. The third-order valence-corrected chi connectivity index (χ3v) is 5.08. The van der Waals surface area contributed by atoms with Crippen LogP contribution in [0.4, 0.5) is 0 Å². The van der Waals surface area contributed by atoms with E-state index >= 15 is 0 Å². The number of aromatic nitrogens is 3. The highest BCUT2D eigenvalue weighted by Gasteiger charge is 2.20. The molecule has 144 valence electrons. The van der Waals surface area contributed by atoms with Gasteiger partial charge in [-0.2, -0.15) is 0 Å². The quantitative estimate of drug-likeness (QED) is 0.448. The maximum absolute atomic E-state index is 5.55. The van der Waals surface area contributed by atoms with Crippen molar-refractivity contribution < 1.29 is 14.2 Å². The lowest BCUT2D eigenvalue weighted by Crippen LogP contribution is -1.97. The van der Waals surface area contributed by atoms with Gasteiger partial charge < -0.3 is 14.2 Å². The second kappa shape index (κ2) is 6.67. The third-order valence-electron chi connectivity index (χ3n) is 5.08. The van der Waals surface area contributed by atoms with Crippen LogP contribution in [-0.4, -0.2) is 35.7 Å². The molecule has 0 saturated heterocycles. The minimum absolute atomic E-state index is 0.550. The van der Waals surface area contributed by atoms with Crippen molar-refractivity contribution in [3.8, 4) is 28.5 Å². The average molecular weight is 385 g/mol. The van der Waals surface area contributed by atoms with Crippen molar-refractivity contribution in [1.29, 1.82) is 0 Å². The summed E-state index contributed by atoms with van der Waals surface area (Å²) in [4.78, 5) is 9.87. The monoisotopic (exact) mass is 385 g/mol. The summed E-state index contributed by atoms with van der Waals surface area (Å²) in [7, 11) is 4.81.